The zero-order valence-electron chi connectivity index (χ0n) is 13.9. The van der Waals surface area contributed by atoms with E-state index in [4.69, 9.17) is 4.42 Å². The average Bonchev–Trinajstić information content (AvgIpc) is 3.20. The molecule has 2 aromatic heterocycles. The fraction of sp³-hybridized carbons (Fsp3) is 0.143. The molecular weight excluding hydrogens is 362 g/mol. The van der Waals surface area contributed by atoms with Gasteiger partial charge in [0.15, 0.2) is 0 Å². The highest BCUT2D eigenvalue weighted by molar-refractivity contribution is 6.04. The molecular formula is C14H11N7O6. The number of carbonyl (C=O) groups is 1. The van der Waals surface area contributed by atoms with Gasteiger partial charge >= 0.3 is 6.01 Å². The van der Waals surface area contributed by atoms with Crippen molar-refractivity contribution in [3.05, 3.63) is 55.8 Å². The van der Waals surface area contributed by atoms with Gasteiger partial charge in [-0.1, -0.05) is 5.10 Å². The van der Waals surface area contributed by atoms with Crippen LogP contribution in [0.25, 0.3) is 11.6 Å². The van der Waals surface area contributed by atoms with Crippen LogP contribution in [-0.4, -0.2) is 35.7 Å². The van der Waals surface area contributed by atoms with E-state index < -0.39 is 27.1 Å². The lowest BCUT2D eigenvalue weighted by Crippen LogP contribution is -2.13. The highest BCUT2D eigenvalue weighted by Crippen LogP contribution is 2.24. The molecule has 0 radical (unpaired) electrons. The number of aromatic nitrogens is 4. The van der Waals surface area contributed by atoms with Gasteiger partial charge in [-0.3, -0.25) is 35.0 Å². The molecule has 3 aromatic rings. The summed E-state index contributed by atoms with van der Waals surface area (Å²) in [6, 6.07) is 3.99. The van der Waals surface area contributed by atoms with Gasteiger partial charge in [0.05, 0.1) is 27.2 Å². The molecule has 0 saturated heterocycles. The molecule has 2 heterocycles. The fourth-order valence-corrected chi connectivity index (χ4v) is 2.29. The first kappa shape index (κ1) is 17.7. The molecule has 0 atom stereocenters. The van der Waals surface area contributed by atoms with Crippen molar-refractivity contribution in [2.24, 2.45) is 7.05 Å². The standard InChI is InChI=1S/C14H11N7O6/c1-7-3-11(19(2)18-7)13-16-17-14(27-13)15-12(22)8-4-9(20(23)24)6-10(5-8)21(25)26/h3-6H,1-2H3,(H,15,17,22). The van der Waals surface area contributed by atoms with Crippen LogP contribution in [0.5, 0.6) is 0 Å². The number of nitro groups is 2. The number of hydrogen-bond donors (Lipinski definition) is 1. The van der Waals surface area contributed by atoms with Crippen molar-refractivity contribution < 1.29 is 19.1 Å². The number of benzene rings is 1. The minimum atomic E-state index is -0.877. The first-order chi connectivity index (χ1) is 12.7. The summed E-state index contributed by atoms with van der Waals surface area (Å²) >= 11 is 0. The van der Waals surface area contributed by atoms with E-state index in [1.54, 1.807) is 20.0 Å². The third-order valence-corrected chi connectivity index (χ3v) is 3.45. The predicted octanol–water partition coefficient (Wildman–Crippen LogP) is 1.85. The lowest BCUT2D eigenvalue weighted by atomic mass is 10.1. The van der Waals surface area contributed by atoms with Crippen molar-refractivity contribution >= 4 is 23.3 Å². The van der Waals surface area contributed by atoms with Crippen LogP contribution in [0, 0.1) is 27.2 Å². The fourth-order valence-electron chi connectivity index (χ4n) is 2.29. The van der Waals surface area contributed by atoms with Crippen molar-refractivity contribution in [3.8, 4) is 11.6 Å². The third kappa shape index (κ3) is 3.60. The number of nitro benzene ring substituents is 2. The number of non-ortho nitro benzene ring substituents is 2. The van der Waals surface area contributed by atoms with Gasteiger partial charge in [0.1, 0.15) is 5.69 Å². The Morgan fingerprint density at radius 1 is 1.11 bits per heavy atom. The normalized spacial score (nSPS) is 10.6. The summed E-state index contributed by atoms with van der Waals surface area (Å²) in [6.45, 7) is 1.78. The zero-order valence-corrected chi connectivity index (χ0v) is 13.9. The SMILES string of the molecule is Cc1cc(-c2nnc(NC(=O)c3cc([N+](=O)[O-])cc([N+](=O)[O-])c3)o2)n(C)n1. The highest BCUT2D eigenvalue weighted by atomic mass is 16.6. The molecule has 138 valence electrons. The van der Waals surface area contributed by atoms with Gasteiger partial charge in [-0.2, -0.15) is 5.10 Å². The number of anilines is 1. The van der Waals surface area contributed by atoms with E-state index in [0.29, 0.717) is 5.69 Å². The molecule has 0 fully saturated rings. The maximum atomic E-state index is 12.3. The van der Waals surface area contributed by atoms with Crippen LogP contribution >= 0.6 is 0 Å². The molecule has 0 bridgehead atoms. The second-order valence-electron chi connectivity index (χ2n) is 5.41. The van der Waals surface area contributed by atoms with Crippen LogP contribution in [-0.2, 0) is 7.05 Å². The van der Waals surface area contributed by atoms with Gasteiger partial charge in [-0.15, -0.1) is 5.10 Å². The Kier molecular flexibility index (Phi) is 4.33. The van der Waals surface area contributed by atoms with E-state index in [-0.39, 0.29) is 17.5 Å². The van der Waals surface area contributed by atoms with Crippen LogP contribution in [0.15, 0.2) is 28.7 Å². The van der Waals surface area contributed by atoms with Gasteiger partial charge in [-0.25, -0.2) is 0 Å². The Hall–Kier alpha value is -4.16. The van der Waals surface area contributed by atoms with Crippen molar-refractivity contribution in [2.45, 2.75) is 6.92 Å². The summed E-state index contributed by atoms with van der Waals surface area (Å²) in [4.78, 5) is 32.4. The van der Waals surface area contributed by atoms with Crippen molar-refractivity contribution in [1.29, 1.82) is 0 Å². The second-order valence-corrected chi connectivity index (χ2v) is 5.41. The Morgan fingerprint density at radius 2 is 1.74 bits per heavy atom. The van der Waals surface area contributed by atoms with E-state index >= 15 is 0 Å². The molecule has 0 aliphatic rings. The Balaban J connectivity index is 1.87. The van der Waals surface area contributed by atoms with Crippen LogP contribution in [0.4, 0.5) is 17.4 Å². The van der Waals surface area contributed by atoms with Crippen LogP contribution in [0.2, 0.25) is 0 Å². The molecule has 0 spiro atoms. The predicted molar refractivity (Wildman–Crippen MR) is 88.9 cm³/mol. The molecule has 13 nitrogen and oxygen atoms in total. The monoisotopic (exact) mass is 373 g/mol. The Bertz CT molecular complexity index is 1040. The Labute approximate surface area is 149 Å². The quantitative estimate of drug-likeness (QED) is 0.517. The summed E-state index contributed by atoms with van der Waals surface area (Å²) in [6.07, 6.45) is 0. The molecule has 27 heavy (non-hydrogen) atoms. The molecule has 1 N–H and O–H groups in total. The van der Waals surface area contributed by atoms with E-state index in [0.717, 1.165) is 23.9 Å². The molecule has 1 aromatic carbocycles. The van der Waals surface area contributed by atoms with Gasteiger partial charge in [0.25, 0.3) is 23.2 Å². The van der Waals surface area contributed by atoms with Gasteiger partial charge in [0.2, 0.25) is 0 Å². The third-order valence-electron chi connectivity index (χ3n) is 3.45. The van der Waals surface area contributed by atoms with Crippen molar-refractivity contribution in [2.75, 3.05) is 5.32 Å². The second kappa shape index (κ2) is 6.62. The van der Waals surface area contributed by atoms with Crippen molar-refractivity contribution in [1.82, 2.24) is 20.0 Å². The molecule has 13 heteroatoms. The number of amides is 1. The maximum Gasteiger partial charge on any atom is 0.322 e. The van der Waals surface area contributed by atoms with Gasteiger partial charge < -0.3 is 4.42 Å². The van der Waals surface area contributed by atoms with Gasteiger partial charge in [0, 0.05) is 19.2 Å². The number of rotatable bonds is 5. The molecule has 3 rings (SSSR count). The lowest BCUT2D eigenvalue weighted by molar-refractivity contribution is -0.394. The summed E-state index contributed by atoms with van der Waals surface area (Å²) in [5.74, 6) is -0.781. The number of hydrogen-bond acceptors (Lipinski definition) is 9. The van der Waals surface area contributed by atoms with E-state index in [1.165, 1.54) is 4.68 Å². The summed E-state index contributed by atoms with van der Waals surface area (Å²) < 4.78 is 6.84. The molecule has 1 amide bonds. The minimum absolute atomic E-state index is 0.0958. The molecule has 0 aliphatic heterocycles. The largest absolute Gasteiger partial charge is 0.401 e. The lowest BCUT2D eigenvalue weighted by Gasteiger charge is -2.01. The molecule has 0 aliphatic carbocycles. The summed E-state index contributed by atoms with van der Waals surface area (Å²) in [5.41, 5.74) is -0.240. The number of aryl methyl sites for hydroxylation is 2. The van der Waals surface area contributed by atoms with Crippen LogP contribution < -0.4 is 5.32 Å². The first-order valence-corrected chi connectivity index (χ1v) is 7.34. The Morgan fingerprint density at radius 3 is 2.26 bits per heavy atom. The summed E-state index contributed by atoms with van der Waals surface area (Å²) in [7, 11) is 1.67. The first-order valence-electron chi connectivity index (χ1n) is 7.34. The van der Waals surface area contributed by atoms with Gasteiger partial charge in [-0.05, 0) is 13.0 Å². The highest BCUT2D eigenvalue weighted by Gasteiger charge is 2.21. The minimum Gasteiger partial charge on any atom is -0.401 e. The zero-order chi connectivity index (χ0) is 19.7. The van der Waals surface area contributed by atoms with E-state index in [1.807, 2.05) is 0 Å². The van der Waals surface area contributed by atoms with E-state index in [9.17, 15) is 25.0 Å². The van der Waals surface area contributed by atoms with Crippen LogP contribution in [0.1, 0.15) is 16.1 Å². The number of carbonyl (C=O) groups excluding carboxylic acids is 1. The maximum absolute atomic E-state index is 12.3. The van der Waals surface area contributed by atoms with Crippen LogP contribution in [0.3, 0.4) is 0 Å². The topological polar surface area (TPSA) is 172 Å². The van der Waals surface area contributed by atoms with Crippen molar-refractivity contribution in [3.63, 3.8) is 0 Å². The van der Waals surface area contributed by atoms with E-state index in [2.05, 4.69) is 20.6 Å². The smallest absolute Gasteiger partial charge is 0.322 e. The molecule has 0 saturated carbocycles. The summed E-state index contributed by atoms with van der Waals surface area (Å²) in [5, 5.41) is 35.7. The average molecular weight is 373 g/mol. The number of nitrogens with zero attached hydrogens (tertiary/aromatic N) is 6. The molecule has 0 unspecified atom stereocenters. The number of nitrogens with one attached hydrogen (secondary N) is 1.